The maximum absolute atomic E-state index is 13.5. The van der Waals surface area contributed by atoms with Crippen LogP contribution in [0.4, 0.5) is 10.1 Å². The van der Waals surface area contributed by atoms with Crippen molar-refractivity contribution < 1.29 is 14.0 Å². The molecule has 1 N–H and O–H groups in total. The molecule has 122 valence electrons. The lowest BCUT2D eigenvalue weighted by atomic mass is 10.2. The first-order chi connectivity index (χ1) is 11.6. The number of anilines is 1. The first-order valence-corrected chi connectivity index (χ1v) is 7.28. The Morgan fingerprint density at radius 1 is 1.29 bits per heavy atom. The second kappa shape index (κ2) is 6.49. The second-order valence-corrected chi connectivity index (χ2v) is 5.19. The second-order valence-electron chi connectivity index (χ2n) is 5.19. The zero-order chi connectivity index (χ0) is 17.1. The Morgan fingerprint density at radius 2 is 2.12 bits per heavy atom. The minimum absolute atomic E-state index is 0.205. The summed E-state index contributed by atoms with van der Waals surface area (Å²) in [5, 5.41) is 2.47. The molecule has 2 amide bonds. The molecule has 1 aromatic carbocycles. The van der Waals surface area contributed by atoms with Crippen LogP contribution in [0.25, 0.3) is 5.52 Å². The van der Waals surface area contributed by atoms with Gasteiger partial charge in [0, 0.05) is 24.5 Å². The predicted octanol–water partition coefficient (Wildman–Crippen LogP) is 1.87. The number of hydrogen-bond acceptors (Lipinski definition) is 3. The lowest BCUT2D eigenvalue weighted by Gasteiger charge is -2.22. The van der Waals surface area contributed by atoms with Crippen molar-refractivity contribution in [3.05, 3.63) is 66.5 Å². The third kappa shape index (κ3) is 3.10. The highest BCUT2D eigenvalue weighted by molar-refractivity contribution is 6.09. The molecule has 0 spiro atoms. The molecule has 24 heavy (non-hydrogen) atoms. The van der Waals surface area contributed by atoms with Crippen molar-refractivity contribution in [1.29, 1.82) is 0 Å². The van der Waals surface area contributed by atoms with Gasteiger partial charge in [0.25, 0.3) is 5.91 Å². The smallest absolute Gasteiger partial charge is 0.258 e. The van der Waals surface area contributed by atoms with Crippen LogP contribution >= 0.6 is 0 Å². The summed E-state index contributed by atoms with van der Waals surface area (Å²) < 4.78 is 15.3. The van der Waals surface area contributed by atoms with Crippen LogP contribution < -0.4 is 10.2 Å². The zero-order valence-electron chi connectivity index (χ0n) is 12.9. The lowest BCUT2D eigenvalue weighted by molar-refractivity contribution is -0.119. The number of benzene rings is 1. The molecule has 0 radical (unpaired) electrons. The first kappa shape index (κ1) is 15.7. The molecule has 3 aromatic rings. The standard InChI is InChI=1S/C17H15FN4O2/c1-19-16(23)10-22(14-4-2-3-13(18)8-14)17(24)12-5-6-21-11-20-9-15(21)7-12/h2-9,11H,10H2,1H3,(H,19,23). The fourth-order valence-corrected chi connectivity index (χ4v) is 2.36. The van der Waals surface area contributed by atoms with E-state index in [0.29, 0.717) is 11.3 Å². The van der Waals surface area contributed by atoms with Crippen LogP contribution in [0.5, 0.6) is 0 Å². The number of likely N-dealkylation sites (N-methyl/N-ethyl adjacent to an activating group) is 1. The third-order valence-electron chi connectivity index (χ3n) is 3.61. The summed E-state index contributed by atoms with van der Waals surface area (Å²) in [6.07, 6.45) is 4.96. The fourth-order valence-electron chi connectivity index (χ4n) is 2.36. The normalized spacial score (nSPS) is 10.6. The maximum atomic E-state index is 13.5. The molecular weight excluding hydrogens is 311 g/mol. The highest BCUT2D eigenvalue weighted by atomic mass is 19.1. The van der Waals surface area contributed by atoms with E-state index in [2.05, 4.69) is 10.3 Å². The van der Waals surface area contributed by atoms with Gasteiger partial charge in [-0.1, -0.05) is 6.07 Å². The average molecular weight is 326 g/mol. The number of pyridine rings is 1. The summed E-state index contributed by atoms with van der Waals surface area (Å²) in [5.41, 5.74) is 1.45. The first-order valence-electron chi connectivity index (χ1n) is 7.28. The Morgan fingerprint density at radius 3 is 2.88 bits per heavy atom. The van der Waals surface area contributed by atoms with Crippen LogP contribution in [0.2, 0.25) is 0 Å². The predicted molar refractivity (Wildman–Crippen MR) is 87.3 cm³/mol. The number of nitrogens with zero attached hydrogens (tertiary/aromatic N) is 3. The van der Waals surface area contributed by atoms with Crippen LogP contribution in [-0.4, -0.2) is 34.8 Å². The van der Waals surface area contributed by atoms with E-state index in [1.54, 1.807) is 41.3 Å². The number of imidazole rings is 1. The summed E-state index contributed by atoms with van der Waals surface area (Å²) in [6, 6.07) is 8.89. The number of hydrogen-bond donors (Lipinski definition) is 1. The number of rotatable bonds is 4. The van der Waals surface area contributed by atoms with Gasteiger partial charge in [-0.3, -0.25) is 14.5 Å². The van der Waals surface area contributed by atoms with E-state index < -0.39 is 11.7 Å². The average Bonchev–Trinajstić information content (AvgIpc) is 3.06. The van der Waals surface area contributed by atoms with Crippen molar-refractivity contribution in [1.82, 2.24) is 14.7 Å². The molecule has 0 saturated carbocycles. The van der Waals surface area contributed by atoms with Gasteiger partial charge in [0.2, 0.25) is 5.91 Å². The van der Waals surface area contributed by atoms with E-state index in [1.807, 2.05) is 0 Å². The number of nitrogens with one attached hydrogen (secondary N) is 1. The van der Waals surface area contributed by atoms with E-state index in [9.17, 15) is 14.0 Å². The number of carbonyl (C=O) groups excluding carboxylic acids is 2. The Bertz CT molecular complexity index is 906. The molecule has 0 unspecified atom stereocenters. The van der Waals surface area contributed by atoms with Gasteiger partial charge in [0.05, 0.1) is 18.0 Å². The fraction of sp³-hybridized carbons (Fsp3) is 0.118. The van der Waals surface area contributed by atoms with Gasteiger partial charge in [-0.2, -0.15) is 0 Å². The van der Waals surface area contributed by atoms with E-state index in [-0.39, 0.29) is 12.5 Å². The molecular formula is C17H15FN4O2. The van der Waals surface area contributed by atoms with Gasteiger partial charge in [0.1, 0.15) is 12.4 Å². The van der Waals surface area contributed by atoms with Crippen molar-refractivity contribution in [2.45, 2.75) is 0 Å². The number of amides is 2. The van der Waals surface area contributed by atoms with Gasteiger partial charge in [-0.15, -0.1) is 0 Å². The SMILES string of the molecule is CNC(=O)CN(C(=O)c1ccn2cncc2c1)c1cccc(F)c1. The van der Waals surface area contributed by atoms with Gasteiger partial charge >= 0.3 is 0 Å². The van der Waals surface area contributed by atoms with Crippen LogP contribution in [0.1, 0.15) is 10.4 Å². The Kier molecular flexibility index (Phi) is 4.24. The van der Waals surface area contributed by atoms with Crippen molar-refractivity contribution in [3.8, 4) is 0 Å². The van der Waals surface area contributed by atoms with Crippen LogP contribution in [0.15, 0.2) is 55.1 Å². The number of carbonyl (C=O) groups is 2. The van der Waals surface area contributed by atoms with Crippen LogP contribution in [0.3, 0.4) is 0 Å². The monoisotopic (exact) mass is 326 g/mol. The van der Waals surface area contributed by atoms with E-state index in [4.69, 9.17) is 0 Å². The van der Waals surface area contributed by atoms with Crippen LogP contribution in [-0.2, 0) is 4.79 Å². The molecule has 7 heteroatoms. The van der Waals surface area contributed by atoms with Crippen molar-refractivity contribution in [2.24, 2.45) is 0 Å². The van der Waals surface area contributed by atoms with Crippen molar-refractivity contribution >= 4 is 23.0 Å². The number of fused-ring (bicyclic) bond motifs is 1. The quantitative estimate of drug-likeness (QED) is 0.796. The summed E-state index contributed by atoms with van der Waals surface area (Å²) in [4.78, 5) is 29.9. The molecule has 0 fully saturated rings. The largest absolute Gasteiger partial charge is 0.358 e. The molecule has 0 aliphatic carbocycles. The summed E-state index contributed by atoms with van der Waals surface area (Å²) in [6.45, 7) is -0.205. The van der Waals surface area contributed by atoms with Gasteiger partial charge in [-0.05, 0) is 30.3 Å². The highest BCUT2D eigenvalue weighted by Crippen LogP contribution is 2.19. The Balaban J connectivity index is 1.99. The zero-order valence-corrected chi connectivity index (χ0v) is 12.9. The topological polar surface area (TPSA) is 66.7 Å². The van der Waals surface area contributed by atoms with Crippen molar-refractivity contribution in [3.63, 3.8) is 0 Å². The molecule has 3 rings (SSSR count). The lowest BCUT2D eigenvalue weighted by Crippen LogP contribution is -2.39. The highest BCUT2D eigenvalue weighted by Gasteiger charge is 2.21. The van der Waals surface area contributed by atoms with E-state index >= 15 is 0 Å². The molecule has 2 heterocycles. The van der Waals surface area contributed by atoms with E-state index in [1.165, 1.54) is 30.1 Å². The van der Waals surface area contributed by atoms with Gasteiger partial charge < -0.3 is 9.72 Å². The van der Waals surface area contributed by atoms with Crippen molar-refractivity contribution in [2.75, 3.05) is 18.5 Å². The molecule has 6 nitrogen and oxygen atoms in total. The van der Waals surface area contributed by atoms with Crippen LogP contribution in [0, 0.1) is 5.82 Å². The molecule has 0 aliphatic rings. The summed E-state index contributed by atoms with van der Waals surface area (Å²) >= 11 is 0. The number of halogens is 1. The summed E-state index contributed by atoms with van der Waals surface area (Å²) in [7, 11) is 1.48. The maximum Gasteiger partial charge on any atom is 0.258 e. The molecule has 2 aromatic heterocycles. The molecule has 0 bridgehead atoms. The van der Waals surface area contributed by atoms with Gasteiger partial charge in [-0.25, -0.2) is 9.37 Å². The van der Waals surface area contributed by atoms with E-state index in [0.717, 1.165) is 5.52 Å². The molecule has 0 aliphatic heterocycles. The minimum atomic E-state index is -0.478. The Labute approximate surface area is 137 Å². The summed E-state index contributed by atoms with van der Waals surface area (Å²) in [5.74, 6) is -1.22. The number of aromatic nitrogens is 2. The third-order valence-corrected chi connectivity index (χ3v) is 3.61. The van der Waals surface area contributed by atoms with Gasteiger partial charge in [0.15, 0.2) is 0 Å². The Hall–Kier alpha value is -3.22. The minimum Gasteiger partial charge on any atom is -0.358 e. The molecule has 0 saturated heterocycles. The molecule has 0 atom stereocenters.